The van der Waals surface area contributed by atoms with Gasteiger partial charge in [-0.1, -0.05) is 19.1 Å². The Balaban J connectivity index is 2.21. The summed E-state index contributed by atoms with van der Waals surface area (Å²) in [5.41, 5.74) is 3.33. The summed E-state index contributed by atoms with van der Waals surface area (Å²) >= 11 is 3.73. The minimum Gasteiger partial charge on any atom is -0.293 e. The van der Waals surface area contributed by atoms with E-state index in [1.54, 1.807) is 0 Å². The Morgan fingerprint density at radius 3 is 2.53 bits per heavy atom. The Morgan fingerprint density at radius 1 is 1.18 bits per heavy atom. The van der Waals surface area contributed by atoms with Crippen molar-refractivity contribution in [3.63, 3.8) is 0 Å². The summed E-state index contributed by atoms with van der Waals surface area (Å²) in [5, 5.41) is 0.568. The summed E-state index contributed by atoms with van der Waals surface area (Å²) in [6.45, 7) is 6.32. The average molecular weight is 266 g/mol. The molecule has 0 saturated carbocycles. The van der Waals surface area contributed by atoms with Crippen LogP contribution in [0, 0.1) is 13.8 Å². The van der Waals surface area contributed by atoms with Crippen LogP contribution in [0.3, 0.4) is 0 Å². The number of ketones is 1. The van der Waals surface area contributed by atoms with Gasteiger partial charge in [0.2, 0.25) is 0 Å². The van der Waals surface area contributed by atoms with Gasteiger partial charge >= 0.3 is 0 Å². The molecule has 0 spiro atoms. The first-order valence-corrected chi connectivity index (χ1v) is 8.04. The Morgan fingerprint density at radius 2 is 1.88 bits per heavy atom. The molecular weight excluding hydrogens is 248 g/mol. The number of rotatable bonds is 2. The van der Waals surface area contributed by atoms with E-state index in [0.717, 1.165) is 11.3 Å². The monoisotopic (exact) mass is 266 g/mol. The van der Waals surface area contributed by atoms with Gasteiger partial charge in [-0.05, 0) is 31.0 Å². The number of Topliss-reactive ketones (excluding diaryl/α,β-unsaturated/α-hetero) is 1. The second-order valence-corrected chi connectivity index (χ2v) is 7.27. The number of thioether (sulfide) groups is 2. The van der Waals surface area contributed by atoms with Crippen LogP contribution in [0.25, 0.3) is 0 Å². The summed E-state index contributed by atoms with van der Waals surface area (Å²) in [7, 11) is 0. The summed E-state index contributed by atoms with van der Waals surface area (Å²) in [5.74, 6) is 2.57. The second-order valence-electron chi connectivity index (χ2n) is 4.53. The van der Waals surface area contributed by atoms with Crippen LogP contribution in [0.4, 0.5) is 0 Å². The van der Waals surface area contributed by atoms with Crippen LogP contribution in [0.2, 0.25) is 0 Å². The molecule has 1 nitrogen and oxygen atoms in total. The fraction of sp³-hybridized carbons (Fsp3) is 0.500. The molecule has 3 heteroatoms. The molecule has 0 N–H and O–H groups in total. The van der Waals surface area contributed by atoms with Gasteiger partial charge in [-0.3, -0.25) is 4.79 Å². The molecule has 1 aromatic carbocycles. The van der Waals surface area contributed by atoms with Crippen molar-refractivity contribution in [3.8, 4) is 0 Å². The van der Waals surface area contributed by atoms with Crippen molar-refractivity contribution in [1.29, 1.82) is 0 Å². The van der Waals surface area contributed by atoms with Gasteiger partial charge in [0, 0.05) is 22.3 Å². The van der Waals surface area contributed by atoms with Crippen molar-refractivity contribution in [2.24, 2.45) is 0 Å². The molecular formula is C14H18OS2. The van der Waals surface area contributed by atoms with Crippen molar-refractivity contribution >= 4 is 29.3 Å². The molecule has 0 bridgehead atoms. The van der Waals surface area contributed by atoms with Crippen molar-refractivity contribution in [2.45, 2.75) is 31.3 Å². The Hall–Kier alpha value is -0.410. The lowest BCUT2D eigenvalue weighted by atomic mass is 10.0. The van der Waals surface area contributed by atoms with Gasteiger partial charge < -0.3 is 0 Å². The normalized spacial score (nSPS) is 24.6. The maximum atomic E-state index is 12.4. The number of hydrogen-bond acceptors (Lipinski definition) is 3. The highest BCUT2D eigenvalue weighted by molar-refractivity contribution is 8.07. The quantitative estimate of drug-likeness (QED) is 0.759. The lowest BCUT2D eigenvalue weighted by Crippen LogP contribution is -2.31. The molecule has 1 aliphatic heterocycles. The van der Waals surface area contributed by atoms with Crippen LogP contribution in [-0.4, -0.2) is 27.8 Å². The van der Waals surface area contributed by atoms with Gasteiger partial charge in [-0.15, -0.1) is 11.8 Å². The van der Waals surface area contributed by atoms with Gasteiger partial charge in [-0.2, -0.15) is 11.8 Å². The van der Waals surface area contributed by atoms with Crippen LogP contribution in [-0.2, 0) is 0 Å². The summed E-state index contributed by atoms with van der Waals surface area (Å²) < 4.78 is 0. The molecule has 17 heavy (non-hydrogen) atoms. The number of carbonyl (C=O) groups is 1. The minimum atomic E-state index is 0.135. The Bertz CT molecular complexity index is 428. The third kappa shape index (κ3) is 2.89. The first kappa shape index (κ1) is 13.0. The maximum Gasteiger partial charge on any atom is 0.176 e. The van der Waals surface area contributed by atoms with Gasteiger partial charge in [0.15, 0.2) is 5.78 Å². The highest BCUT2D eigenvalue weighted by atomic mass is 32.2. The van der Waals surface area contributed by atoms with Crippen LogP contribution in [0.1, 0.15) is 28.4 Å². The Kier molecular flexibility index (Phi) is 4.21. The summed E-state index contributed by atoms with van der Waals surface area (Å²) in [4.78, 5) is 12.4. The lowest BCUT2D eigenvalue weighted by Gasteiger charge is -2.26. The van der Waals surface area contributed by atoms with Gasteiger partial charge in [0.1, 0.15) is 0 Å². The van der Waals surface area contributed by atoms with E-state index in [4.69, 9.17) is 0 Å². The smallest absolute Gasteiger partial charge is 0.176 e. The predicted octanol–water partition coefficient (Wildman–Crippen LogP) is 3.72. The van der Waals surface area contributed by atoms with Crippen molar-refractivity contribution in [2.75, 3.05) is 11.5 Å². The molecule has 0 radical (unpaired) electrons. The van der Waals surface area contributed by atoms with Gasteiger partial charge in [0.05, 0.1) is 5.25 Å². The molecule has 1 fully saturated rings. The molecule has 2 atom stereocenters. The highest BCUT2D eigenvalue weighted by Gasteiger charge is 2.29. The fourth-order valence-electron chi connectivity index (χ4n) is 1.98. The van der Waals surface area contributed by atoms with E-state index in [-0.39, 0.29) is 5.25 Å². The SMILES string of the molecule is Cc1ccc(C(=O)C2SCCSC2C)cc1C. The maximum absolute atomic E-state index is 12.4. The third-order valence-corrected chi connectivity index (χ3v) is 6.33. The molecule has 1 aromatic rings. The predicted molar refractivity (Wildman–Crippen MR) is 78.4 cm³/mol. The molecule has 1 saturated heterocycles. The van der Waals surface area contributed by atoms with Crippen LogP contribution in [0.15, 0.2) is 18.2 Å². The van der Waals surface area contributed by atoms with E-state index in [2.05, 4.69) is 20.8 Å². The number of aryl methyl sites for hydroxylation is 2. The molecule has 92 valence electrons. The van der Waals surface area contributed by atoms with Crippen LogP contribution < -0.4 is 0 Å². The third-order valence-electron chi connectivity index (χ3n) is 3.24. The van der Waals surface area contributed by atoms with Crippen molar-refractivity contribution in [3.05, 3.63) is 34.9 Å². The molecule has 0 amide bonds. The molecule has 0 aromatic heterocycles. The zero-order valence-electron chi connectivity index (χ0n) is 10.5. The summed E-state index contributed by atoms with van der Waals surface area (Å²) in [6, 6.07) is 6.05. The van der Waals surface area contributed by atoms with E-state index >= 15 is 0 Å². The first-order valence-electron chi connectivity index (χ1n) is 5.94. The summed E-state index contributed by atoms with van der Waals surface area (Å²) in [6.07, 6.45) is 0. The van der Waals surface area contributed by atoms with Gasteiger partial charge in [0.25, 0.3) is 0 Å². The molecule has 1 aliphatic rings. The first-order chi connectivity index (χ1) is 8.09. The van der Waals surface area contributed by atoms with E-state index in [1.165, 1.54) is 16.9 Å². The largest absolute Gasteiger partial charge is 0.293 e. The number of benzene rings is 1. The van der Waals surface area contributed by atoms with E-state index in [1.807, 2.05) is 41.7 Å². The fourth-order valence-corrected chi connectivity index (χ4v) is 4.70. The molecule has 1 heterocycles. The zero-order valence-corrected chi connectivity index (χ0v) is 12.2. The van der Waals surface area contributed by atoms with Crippen LogP contribution in [0.5, 0.6) is 0 Å². The average Bonchev–Trinajstić information content (AvgIpc) is 2.32. The van der Waals surface area contributed by atoms with E-state index in [0.29, 0.717) is 11.0 Å². The highest BCUT2D eigenvalue weighted by Crippen LogP contribution is 2.33. The zero-order chi connectivity index (χ0) is 12.4. The molecule has 2 unspecified atom stereocenters. The standard InChI is InChI=1S/C14H18OS2/c1-9-4-5-12(8-10(9)2)13(15)14-11(3)16-6-7-17-14/h4-5,8,11,14H,6-7H2,1-3H3. The topological polar surface area (TPSA) is 17.1 Å². The Labute approximate surface area is 112 Å². The molecule has 0 aliphatic carbocycles. The minimum absolute atomic E-state index is 0.135. The second kappa shape index (κ2) is 5.49. The van der Waals surface area contributed by atoms with E-state index < -0.39 is 0 Å². The van der Waals surface area contributed by atoms with E-state index in [9.17, 15) is 4.79 Å². The van der Waals surface area contributed by atoms with Crippen molar-refractivity contribution in [1.82, 2.24) is 0 Å². The number of hydrogen-bond donors (Lipinski definition) is 0. The number of carbonyl (C=O) groups excluding carboxylic acids is 1. The lowest BCUT2D eigenvalue weighted by molar-refractivity contribution is 0.0989. The van der Waals surface area contributed by atoms with Crippen molar-refractivity contribution < 1.29 is 4.79 Å². The van der Waals surface area contributed by atoms with Crippen LogP contribution >= 0.6 is 23.5 Å². The van der Waals surface area contributed by atoms with Gasteiger partial charge in [-0.25, -0.2) is 0 Å². The molecule has 2 rings (SSSR count).